The van der Waals surface area contributed by atoms with Gasteiger partial charge in [0, 0.05) is 60.8 Å². The maximum absolute atomic E-state index is 13.6. The van der Waals surface area contributed by atoms with Gasteiger partial charge in [0.15, 0.2) is 0 Å². The lowest BCUT2D eigenvalue weighted by atomic mass is 10.0. The number of aromatic amines is 1. The van der Waals surface area contributed by atoms with Crippen molar-refractivity contribution in [3.63, 3.8) is 0 Å². The van der Waals surface area contributed by atoms with E-state index >= 15 is 0 Å². The first-order valence-corrected chi connectivity index (χ1v) is 13.9. The van der Waals surface area contributed by atoms with E-state index in [2.05, 4.69) is 49.2 Å². The van der Waals surface area contributed by atoms with E-state index in [1.54, 1.807) is 16.9 Å². The number of likely N-dealkylation sites (N-methyl/N-ethyl adjacent to an activating group) is 1. The maximum Gasteiger partial charge on any atom is 0.256 e. The molecule has 3 saturated heterocycles. The van der Waals surface area contributed by atoms with Gasteiger partial charge < -0.3 is 25.0 Å². The molecule has 2 bridgehead atoms. The van der Waals surface area contributed by atoms with Gasteiger partial charge >= 0.3 is 0 Å². The van der Waals surface area contributed by atoms with Crippen molar-refractivity contribution in [3.05, 3.63) is 54.1 Å². The number of piperidine rings is 1. The highest BCUT2D eigenvalue weighted by molar-refractivity contribution is 6.03. The number of likely N-dealkylation sites (tertiary alicyclic amines) is 2. The van der Waals surface area contributed by atoms with Crippen molar-refractivity contribution in [1.82, 2.24) is 39.6 Å². The summed E-state index contributed by atoms with van der Waals surface area (Å²) in [6.07, 6.45) is 11.1. The van der Waals surface area contributed by atoms with Gasteiger partial charge in [0.25, 0.3) is 11.8 Å². The minimum atomic E-state index is -0.0908. The molecule has 7 heterocycles. The van der Waals surface area contributed by atoms with E-state index in [0.29, 0.717) is 11.1 Å². The lowest BCUT2D eigenvalue weighted by Crippen LogP contribution is -2.54. The number of H-pyrrole nitrogens is 1. The van der Waals surface area contributed by atoms with Crippen molar-refractivity contribution < 1.29 is 9.59 Å². The summed E-state index contributed by atoms with van der Waals surface area (Å²) in [6, 6.07) is 6.66. The third-order valence-electron chi connectivity index (χ3n) is 8.81. The highest BCUT2D eigenvalue weighted by Gasteiger charge is 2.41. The third-order valence-corrected chi connectivity index (χ3v) is 8.81. The highest BCUT2D eigenvalue weighted by atomic mass is 16.2. The van der Waals surface area contributed by atoms with Gasteiger partial charge in [-0.3, -0.25) is 9.59 Å². The molecule has 0 aromatic carbocycles. The lowest BCUT2D eigenvalue weighted by Gasteiger charge is -2.39. The van der Waals surface area contributed by atoms with Crippen LogP contribution in [0.5, 0.6) is 0 Å². The monoisotopic (exact) mass is 526 g/mol. The molecule has 2 N–H and O–H groups in total. The summed E-state index contributed by atoms with van der Waals surface area (Å²) in [5, 5.41) is 8.51. The first-order valence-electron chi connectivity index (χ1n) is 13.9. The third kappa shape index (κ3) is 4.28. The summed E-state index contributed by atoms with van der Waals surface area (Å²) in [4.78, 5) is 41.4. The molecule has 7 rings (SSSR count). The molecule has 2 atom stereocenters. The van der Waals surface area contributed by atoms with E-state index in [-0.39, 0.29) is 29.9 Å². The topological polar surface area (TPSA) is 102 Å². The van der Waals surface area contributed by atoms with Crippen molar-refractivity contribution in [2.75, 3.05) is 40.3 Å². The molecule has 2 unspecified atom stereocenters. The fourth-order valence-electron chi connectivity index (χ4n) is 6.69. The Morgan fingerprint density at radius 2 is 1.77 bits per heavy atom. The van der Waals surface area contributed by atoms with Crippen LogP contribution in [0.2, 0.25) is 0 Å². The average Bonchev–Trinajstić information content (AvgIpc) is 3.63. The molecule has 3 aliphatic rings. The quantitative estimate of drug-likeness (QED) is 0.424. The number of pyridine rings is 2. The fourth-order valence-corrected chi connectivity index (χ4v) is 6.69. The number of amides is 2. The van der Waals surface area contributed by atoms with Crippen molar-refractivity contribution in [1.29, 1.82) is 0 Å². The zero-order chi connectivity index (χ0) is 26.7. The van der Waals surface area contributed by atoms with Gasteiger partial charge in [0.2, 0.25) is 0 Å². The van der Waals surface area contributed by atoms with Crippen LogP contribution in [0.4, 0.5) is 0 Å². The molecule has 2 amide bonds. The average molecular weight is 527 g/mol. The summed E-state index contributed by atoms with van der Waals surface area (Å²) in [7, 11) is 4.24. The normalized spacial score (nSPS) is 22.7. The Hall–Kier alpha value is -3.76. The first-order chi connectivity index (χ1) is 18.9. The number of piperazine rings is 1. The highest BCUT2D eigenvalue weighted by Crippen LogP contribution is 2.33. The van der Waals surface area contributed by atoms with Crippen LogP contribution in [0.1, 0.15) is 46.4 Å². The van der Waals surface area contributed by atoms with Gasteiger partial charge in [-0.15, -0.1) is 0 Å². The summed E-state index contributed by atoms with van der Waals surface area (Å²) < 4.78 is 1.73. The zero-order valence-electron chi connectivity index (χ0n) is 22.4. The summed E-state index contributed by atoms with van der Waals surface area (Å²) in [6.45, 7) is 3.82. The predicted molar refractivity (Wildman–Crippen MR) is 149 cm³/mol. The number of rotatable bonds is 4. The first kappa shape index (κ1) is 24.3. The van der Waals surface area contributed by atoms with Crippen molar-refractivity contribution in [2.45, 2.75) is 43.8 Å². The molecule has 39 heavy (non-hydrogen) atoms. The zero-order valence-corrected chi connectivity index (χ0v) is 22.4. The molecule has 0 spiro atoms. The standard InChI is InChI=1S/C29H34N8O2/c1-34-8-6-20(7-9-34)33-28(38)25-15-32-36-10-5-18(12-26(25)36)24-14-31-27-23(24)11-19(13-30-27)29(39)37-21-3-4-22(37)17-35(2)16-21/h5,10-15,20-22H,3-4,6-9,16-17H2,1-2H3,(H,30,31)(H,33,38). The molecular weight excluding hydrogens is 492 g/mol. The molecule has 0 radical (unpaired) electrons. The van der Waals surface area contributed by atoms with Crippen LogP contribution >= 0.6 is 0 Å². The van der Waals surface area contributed by atoms with Gasteiger partial charge in [-0.1, -0.05) is 0 Å². The van der Waals surface area contributed by atoms with Crippen LogP contribution in [0.3, 0.4) is 0 Å². The second-order valence-corrected chi connectivity index (χ2v) is 11.5. The summed E-state index contributed by atoms with van der Waals surface area (Å²) in [5.41, 5.74) is 4.55. The molecule has 202 valence electrons. The Labute approximate surface area is 227 Å². The van der Waals surface area contributed by atoms with E-state index < -0.39 is 0 Å². The molecule has 10 heteroatoms. The van der Waals surface area contributed by atoms with E-state index in [4.69, 9.17) is 0 Å². The number of carbonyl (C=O) groups is 2. The van der Waals surface area contributed by atoms with E-state index in [9.17, 15) is 9.59 Å². The van der Waals surface area contributed by atoms with Gasteiger partial charge in [0.05, 0.1) is 22.8 Å². The molecular formula is C29H34N8O2. The number of hydrogen-bond donors (Lipinski definition) is 2. The Bertz CT molecular complexity index is 1550. The van der Waals surface area contributed by atoms with Crippen molar-refractivity contribution >= 4 is 28.4 Å². The van der Waals surface area contributed by atoms with Crippen molar-refractivity contribution in [2.24, 2.45) is 0 Å². The number of fused-ring (bicyclic) bond motifs is 4. The van der Waals surface area contributed by atoms with Crippen LogP contribution in [0.25, 0.3) is 27.7 Å². The van der Waals surface area contributed by atoms with Crippen LogP contribution in [-0.4, -0.2) is 104 Å². The second kappa shape index (κ2) is 9.46. The predicted octanol–water partition coefficient (Wildman–Crippen LogP) is 2.62. The number of aromatic nitrogens is 4. The van der Waals surface area contributed by atoms with Gasteiger partial charge in [0.1, 0.15) is 5.65 Å². The maximum atomic E-state index is 13.6. The smallest absolute Gasteiger partial charge is 0.256 e. The van der Waals surface area contributed by atoms with Crippen molar-refractivity contribution in [3.8, 4) is 11.1 Å². The number of nitrogens with one attached hydrogen (secondary N) is 2. The molecule has 0 saturated carbocycles. The minimum absolute atomic E-state index is 0.0660. The molecule has 3 aliphatic heterocycles. The largest absolute Gasteiger partial charge is 0.349 e. The molecule has 0 aliphatic carbocycles. The molecule has 4 aromatic rings. The number of nitrogens with zero attached hydrogens (tertiary/aromatic N) is 6. The van der Waals surface area contributed by atoms with Gasteiger partial charge in [-0.2, -0.15) is 5.10 Å². The van der Waals surface area contributed by atoms with E-state index in [1.165, 1.54) is 0 Å². The van der Waals surface area contributed by atoms with Crippen LogP contribution in [-0.2, 0) is 0 Å². The van der Waals surface area contributed by atoms with Gasteiger partial charge in [-0.25, -0.2) is 9.50 Å². The second-order valence-electron chi connectivity index (χ2n) is 11.5. The Morgan fingerprint density at radius 3 is 2.54 bits per heavy atom. The van der Waals surface area contributed by atoms with E-state index in [0.717, 1.165) is 79.5 Å². The Kier molecular flexibility index (Phi) is 5.89. The Balaban J connectivity index is 1.19. The van der Waals surface area contributed by atoms with Crippen LogP contribution in [0, 0.1) is 0 Å². The summed E-state index contributed by atoms with van der Waals surface area (Å²) >= 11 is 0. The lowest BCUT2D eigenvalue weighted by molar-refractivity contribution is 0.0472. The Morgan fingerprint density at radius 1 is 1.00 bits per heavy atom. The SMILES string of the molecule is CN1CCC(NC(=O)c2cnn3ccc(-c4c[nH]c5ncc(C(=O)N6C7CCC6CN(C)C7)cc45)cc23)CC1. The number of carbonyl (C=O) groups excluding carboxylic acids is 2. The van der Waals surface area contributed by atoms with Gasteiger partial charge in [-0.05, 0) is 76.6 Å². The van der Waals surface area contributed by atoms with Crippen LogP contribution < -0.4 is 5.32 Å². The molecule has 3 fully saturated rings. The molecule has 4 aromatic heterocycles. The minimum Gasteiger partial charge on any atom is -0.349 e. The molecule has 10 nitrogen and oxygen atoms in total. The van der Waals surface area contributed by atoms with Crippen LogP contribution in [0.15, 0.2) is 43.0 Å². The van der Waals surface area contributed by atoms with E-state index in [1.807, 2.05) is 30.6 Å². The fraction of sp³-hybridized carbons (Fsp3) is 0.448. The number of hydrogen-bond acceptors (Lipinski definition) is 6. The summed E-state index contributed by atoms with van der Waals surface area (Å²) in [5.74, 6) is -0.0248.